The molecule has 0 radical (unpaired) electrons. The number of alkyl halides is 1. The minimum atomic E-state index is -4.36. The maximum atomic E-state index is 14.1. The summed E-state index contributed by atoms with van der Waals surface area (Å²) in [5.74, 6) is -0.476. The second-order valence-corrected chi connectivity index (χ2v) is 12.9. The van der Waals surface area contributed by atoms with Gasteiger partial charge in [0.15, 0.2) is 6.23 Å². The number of benzene rings is 2. The van der Waals surface area contributed by atoms with Crippen LogP contribution in [0.4, 0.5) is 0 Å². The van der Waals surface area contributed by atoms with Crippen LogP contribution in [0.25, 0.3) is 10.8 Å². The van der Waals surface area contributed by atoms with Crippen LogP contribution in [0, 0.1) is 0 Å². The standard InChI is InChI=1S/C26H30Cl2N3O9P/c1-14(2)38-23(34)15(3)30-41(36,40-19-11-7-9-16-8-5-6-10-17(16)19)37-13-20-21(32)26(4,28)24(39-20)31-12-18(27)22(33)29-25(31)35/h5-12,14-15,20-21,24,32H,13H2,1-4H3,(H,30,36)(H,29,33,35)/t15-,20-,21-,24?,26-,41-/m1/s1. The van der Waals surface area contributed by atoms with Crippen molar-refractivity contribution in [3.63, 3.8) is 0 Å². The molecule has 0 saturated carbocycles. The van der Waals surface area contributed by atoms with Crippen LogP contribution < -0.4 is 20.9 Å². The molecule has 0 bridgehead atoms. The van der Waals surface area contributed by atoms with E-state index >= 15 is 0 Å². The van der Waals surface area contributed by atoms with Gasteiger partial charge in [0.1, 0.15) is 33.9 Å². The van der Waals surface area contributed by atoms with Gasteiger partial charge in [0.25, 0.3) is 5.56 Å². The van der Waals surface area contributed by atoms with E-state index < -0.39 is 67.0 Å². The van der Waals surface area contributed by atoms with Crippen molar-refractivity contribution in [2.45, 2.75) is 63.2 Å². The monoisotopic (exact) mass is 629 g/mol. The molecule has 1 fully saturated rings. The van der Waals surface area contributed by atoms with Gasteiger partial charge in [-0.25, -0.2) is 9.36 Å². The minimum Gasteiger partial charge on any atom is -0.462 e. The molecule has 0 spiro atoms. The molecule has 1 aliphatic heterocycles. The van der Waals surface area contributed by atoms with Crippen LogP contribution in [0.2, 0.25) is 5.02 Å². The Labute approximate surface area is 245 Å². The highest BCUT2D eigenvalue weighted by molar-refractivity contribution is 7.52. The molecule has 1 aromatic heterocycles. The highest BCUT2D eigenvalue weighted by Crippen LogP contribution is 2.49. The van der Waals surface area contributed by atoms with Crippen LogP contribution in [0.1, 0.15) is 33.9 Å². The number of carbonyl (C=O) groups is 1. The van der Waals surface area contributed by atoms with Gasteiger partial charge in [-0.05, 0) is 39.1 Å². The fourth-order valence-corrected chi connectivity index (χ4v) is 6.25. The topological polar surface area (TPSA) is 158 Å². The summed E-state index contributed by atoms with van der Waals surface area (Å²) in [6.07, 6.45) is -3.33. The number of nitrogens with zero attached hydrogens (tertiary/aromatic N) is 1. The van der Waals surface area contributed by atoms with E-state index in [1.54, 1.807) is 38.1 Å². The van der Waals surface area contributed by atoms with E-state index in [9.17, 15) is 24.1 Å². The van der Waals surface area contributed by atoms with E-state index in [-0.39, 0.29) is 10.8 Å². The van der Waals surface area contributed by atoms with Gasteiger partial charge >= 0.3 is 19.4 Å². The van der Waals surface area contributed by atoms with Gasteiger partial charge in [0, 0.05) is 11.6 Å². The van der Waals surface area contributed by atoms with Gasteiger partial charge in [-0.1, -0.05) is 48.0 Å². The Balaban J connectivity index is 1.61. The Morgan fingerprint density at radius 1 is 1.22 bits per heavy atom. The summed E-state index contributed by atoms with van der Waals surface area (Å²) in [5, 5.41) is 14.7. The Hall–Kier alpha value is -2.70. The summed E-state index contributed by atoms with van der Waals surface area (Å²) >= 11 is 12.5. The van der Waals surface area contributed by atoms with Crippen molar-refractivity contribution < 1.29 is 33.0 Å². The lowest BCUT2D eigenvalue weighted by atomic mass is 10.0. The normalized spacial score (nSPS) is 24.7. The van der Waals surface area contributed by atoms with E-state index in [1.165, 1.54) is 13.8 Å². The zero-order chi connectivity index (χ0) is 30.1. The second kappa shape index (κ2) is 12.3. The first kappa shape index (κ1) is 31.2. The molecular formula is C26H30Cl2N3O9P. The van der Waals surface area contributed by atoms with Crippen molar-refractivity contribution in [1.29, 1.82) is 0 Å². The predicted octanol–water partition coefficient (Wildman–Crippen LogP) is 3.73. The Kier molecular flexibility index (Phi) is 9.35. The number of aliphatic hydroxyl groups excluding tert-OH is 1. The smallest absolute Gasteiger partial charge is 0.459 e. The van der Waals surface area contributed by atoms with E-state index in [2.05, 4.69) is 5.09 Å². The molecule has 1 unspecified atom stereocenters. The molecule has 41 heavy (non-hydrogen) atoms. The minimum absolute atomic E-state index is 0.214. The van der Waals surface area contributed by atoms with E-state index in [1.807, 2.05) is 23.2 Å². The van der Waals surface area contributed by atoms with Gasteiger partial charge in [-0.15, -0.1) is 11.6 Å². The lowest BCUT2D eigenvalue weighted by molar-refractivity contribution is -0.149. The first-order valence-corrected chi connectivity index (χ1v) is 15.0. The number of H-pyrrole nitrogens is 1. The Morgan fingerprint density at radius 3 is 2.61 bits per heavy atom. The number of nitrogens with one attached hydrogen (secondary N) is 2. The van der Waals surface area contributed by atoms with Gasteiger partial charge in [0.2, 0.25) is 0 Å². The number of aliphatic hydroxyl groups is 1. The summed E-state index contributed by atoms with van der Waals surface area (Å²) in [7, 11) is -4.36. The van der Waals surface area contributed by atoms with E-state index in [0.29, 0.717) is 5.39 Å². The quantitative estimate of drug-likeness (QED) is 0.171. The lowest BCUT2D eigenvalue weighted by Gasteiger charge is -2.26. The number of ether oxygens (including phenoxy) is 2. The number of esters is 1. The van der Waals surface area contributed by atoms with Crippen molar-refractivity contribution in [2.75, 3.05) is 6.61 Å². The number of aromatic nitrogens is 2. The van der Waals surface area contributed by atoms with Crippen molar-refractivity contribution in [3.8, 4) is 5.75 Å². The highest BCUT2D eigenvalue weighted by atomic mass is 35.5. The van der Waals surface area contributed by atoms with E-state index in [4.69, 9.17) is 41.7 Å². The zero-order valence-electron chi connectivity index (χ0n) is 22.6. The van der Waals surface area contributed by atoms with Gasteiger partial charge < -0.3 is 19.1 Å². The molecular weight excluding hydrogens is 600 g/mol. The lowest BCUT2D eigenvalue weighted by Crippen LogP contribution is -2.43. The Bertz CT molecular complexity index is 1590. The van der Waals surface area contributed by atoms with Gasteiger partial charge in [-0.2, -0.15) is 5.09 Å². The molecule has 6 atom stereocenters. The summed E-state index contributed by atoms with van der Waals surface area (Å²) in [4.78, 5) is 37.1. The first-order chi connectivity index (χ1) is 19.2. The largest absolute Gasteiger partial charge is 0.462 e. The molecule has 12 nitrogen and oxygen atoms in total. The number of hydrogen-bond acceptors (Lipinski definition) is 9. The van der Waals surface area contributed by atoms with Crippen LogP contribution in [0.15, 0.2) is 58.3 Å². The third-order valence-corrected chi connectivity index (χ3v) is 8.64. The van der Waals surface area contributed by atoms with Crippen molar-refractivity contribution in [3.05, 3.63) is 74.5 Å². The molecule has 1 saturated heterocycles. The van der Waals surface area contributed by atoms with E-state index in [0.717, 1.165) is 16.2 Å². The van der Waals surface area contributed by atoms with Gasteiger partial charge in [0.05, 0.1) is 12.7 Å². The molecule has 3 N–H and O–H groups in total. The third kappa shape index (κ3) is 6.86. The number of halogens is 2. The fraction of sp³-hybridized carbons (Fsp3) is 0.423. The average Bonchev–Trinajstić information content (AvgIpc) is 3.13. The molecule has 15 heteroatoms. The number of fused-ring (bicyclic) bond motifs is 1. The zero-order valence-corrected chi connectivity index (χ0v) is 25.0. The molecule has 4 rings (SSSR count). The first-order valence-electron chi connectivity index (χ1n) is 12.7. The summed E-state index contributed by atoms with van der Waals surface area (Å²) in [5.41, 5.74) is -1.67. The SMILES string of the molecule is CC(C)OC(=O)[C@@H](C)N[P@@](=O)(OC[C@H]1OC(n2cc(Cl)c(=O)[nH]c2=O)[C@](C)(Cl)[C@@H]1O)Oc1cccc2ccccc12. The highest BCUT2D eigenvalue weighted by Gasteiger charge is 2.54. The fourth-order valence-electron chi connectivity index (χ4n) is 4.28. The van der Waals surface area contributed by atoms with Crippen molar-refractivity contribution >= 4 is 47.7 Å². The molecule has 0 amide bonds. The Morgan fingerprint density at radius 2 is 1.90 bits per heavy atom. The maximum absolute atomic E-state index is 14.1. The van der Waals surface area contributed by atoms with Crippen LogP contribution >= 0.6 is 30.9 Å². The third-order valence-electron chi connectivity index (χ3n) is 6.33. The molecule has 222 valence electrons. The summed E-state index contributed by atoms with van der Waals surface area (Å²) < 4.78 is 37.7. The van der Waals surface area contributed by atoms with Crippen molar-refractivity contribution in [2.24, 2.45) is 0 Å². The molecule has 0 aliphatic carbocycles. The maximum Gasteiger partial charge on any atom is 0.459 e. The second-order valence-electron chi connectivity index (χ2n) is 9.96. The summed E-state index contributed by atoms with van der Waals surface area (Å²) in [6, 6.07) is 11.3. The van der Waals surface area contributed by atoms with Gasteiger partial charge in [-0.3, -0.25) is 23.7 Å². The molecule has 2 heterocycles. The molecule has 1 aliphatic rings. The molecule has 2 aromatic carbocycles. The number of carbonyl (C=O) groups excluding carboxylic acids is 1. The number of rotatable bonds is 10. The predicted molar refractivity (Wildman–Crippen MR) is 152 cm³/mol. The van der Waals surface area contributed by atoms with Crippen LogP contribution in [-0.4, -0.2) is 56.5 Å². The van der Waals surface area contributed by atoms with Crippen molar-refractivity contribution in [1.82, 2.24) is 14.6 Å². The molecule has 3 aromatic rings. The van der Waals surface area contributed by atoms with Crippen LogP contribution in [0.5, 0.6) is 5.75 Å². The summed E-state index contributed by atoms with van der Waals surface area (Å²) in [6.45, 7) is 5.67. The van der Waals surface area contributed by atoms with Crippen LogP contribution in [-0.2, 0) is 23.4 Å². The number of aromatic amines is 1. The van der Waals surface area contributed by atoms with Crippen LogP contribution in [0.3, 0.4) is 0 Å². The number of hydrogen-bond donors (Lipinski definition) is 3. The average molecular weight is 630 g/mol.